The summed E-state index contributed by atoms with van der Waals surface area (Å²) in [6, 6.07) is 0.164. The maximum Gasteiger partial charge on any atom is 0.0926 e. The third-order valence-corrected chi connectivity index (χ3v) is 3.49. The van der Waals surface area contributed by atoms with Crippen LogP contribution in [0.1, 0.15) is 31.5 Å². The Morgan fingerprint density at radius 3 is 2.73 bits per heavy atom. The van der Waals surface area contributed by atoms with Gasteiger partial charge in [-0.15, -0.1) is 11.3 Å². The van der Waals surface area contributed by atoms with Gasteiger partial charge in [0.15, 0.2) is 0 Å². The molecule has 0 spiro atoms. The predicted octanol–water partition coefficient (Wildman–Crippen LogP) is 1.81. The predicted molar refractivity (Wildman–Crippen MR) is 64.0 cm³/mol. The van der Waals surface area contributed by atoms with Gasteiger partial charge in [-0.3, -0.25) is 0 Å². The molecule has 0 aliphatic heterocycles. The Hall–Kier alpha value is -0.450. The fourth-order valence-corrected chi connectivity index (χ4v) is 2.08. The maximum absolute atomic E-state index is 9.15. The van der Waals surface area contributed by atoms with Gasteiger partial charge in [0.25, 0.3) is 0 Å². The molecule has 86 valence electrons. The fourth-order valence-electron chi connectivity index (χ4n) is 1.34. The molecule has 15 heavy (non-hydrogen) atoms. The number of aromatic nitrogens is 1. The van der Waals surface area contributed by atoms with Crippen LogP contribution in [0.2, 0.25) is 0 Å². The molecule has 3 nitrogen and oxygen atoms in total. The summed E-state index contributed by atoms with van der Waals surface area (Å²) in [4.78, 5) is 4.47. The molecule has 0 aliphatic rings. The average Bonchev–Trinajstić information content (AvgIpc) is 2.66. The van der Waals surface area contributed by atoms with Crippen molar-refractivity contribution in [2.45, 2.75) is 39.8 Å². The van der Waals surface area contributed by atoms with Crippen molar-refractivity contribution < 1.29 is 5.11 Å². The normalized spacial score (nSPS) is 13.4. The fraction of sp³-hybridized carbons (Fsp3) is 0.727. The summed E-state index contributed by atoms with van der Waals surface area (Å²) in [7, 11) is 0. The molecule has 1 rings (SSSR count). The van der Waals surface area contributed by atoms with E-state index in [9.17, 15) is 0 Å². The number of thiazole rings is 1. The summed E-state index contributed by atoms with van der Waals surface area (Å²) >= 11 is 1.70. The van der Waals surface area contributed by atoms with Gasteiger partial charge in [-0.2, -0.15) is 0 Å². The summed E-state index contributed by atoms with van der Waals surface area (Å²) < 4.78 is 0. The lowest BCUT2D eigenvalue weighted by Gasteiger charge is -2.19. The van der Waals surface area contributed by atoms with Gasteiger partial charge in [0.1, 0.15) is 0 Å². The van der Waals surface area contributed by atoms with E-state index in [0.29, 0.717) is 5.92 Å². The number of nitrogens with zero attached hydrogens (tertiary/aromatic N) is 1. The van der Waals surface area contributed by atoms with Crippen LogP contribution < -0.4 is 5.32 Å². The van der Waals surface area contributed by atoms with Crippen molar-refractivity contribution in [1.82, 2.24) is 10.3 Å². The van der Waals surface area contributed by atoms with Crippen LogP contribution in [0.3, 0.4) is 0 Å². The molecule has 0 amide bonds. The Morgan fingerprint density at radius 1 is 1.53 bits per heavy atom. The van der Waals surface area contributed by atoms with Gasteiger partial charge in [-0.1, -0.05) is 20.8 Å². The van der Waals surface area contributed by atoms with Crippen molar-refractivity contribution in [1.29, 1.82) is 0 Å². The summed E-state index contributed by atoms with van der Waals surface area (Å²) in [5, 5.41) is 15.7. The van der Waals surface area contributed by atoms with Crippen LogP contribution in [0.15, 0.2) is 5.38 Å². The van der Waals surface area contributed by atoms with Crippen molar-refractivity contribution in [2.75, 3.05) is 6.61 Å². The quantitative estimate of drug-likeness (QED) is 0.780. The monoisotopic (exact) mass is 228 g/mol. The molecule has 1 aromatic heterocycles. The van der Waals surface area contributed by atoms with E-state index in [-0.39, 0.29) is 12.6 Å². The van der Waals surface area contributed by atoms with Crippen LogP contribution >= 0.6 is 11.3 Å². The van der Waals surface area contributed by atoms with Crippen LogP contribution in [-0.2, 0) is 13.0 Å². The molecule has 0 bridgehead atoms. The van der Waals surface area contributed by atoms with E-state index in [1.807, 2.05) is 0 Å². The molecule has 1 unspecified atom stereocenters. The van der Waals surface area contributed by atoms with E-state index in [2.05, 4.69) is 36.5 Å². The number of aryl methyl sites for hydroxylation is 1. The molecule has 0 saturated heterocycles. The van der Waals surface area contributed by atoms with E-state index in [4.69, 9.17) is 5.11 Å². The second kappa shape index (κ2) is 6.20. The Morgan fingerprint density at radius 2 is 2.27 bits per heavy atom. The van der Waals surface area contributed by atoms with Gasteiger partial charge >= 0.3 is 0 Å². The highest BCUT2D eigenvalue weighted by Gasteiger charge is 2.11. The lowest BCUT2D eigenvalue weighted by Crippen LogP contribution is -2.36. The first kappa shape index (κ1) is 12.6. The SMILES string of the molecule is CCc1nc(CNC(CO)C(C)C)cs1. The Balaban J connectivity index is 2.41. The molecule has 1 atom stereocenters. The van der Waals surface area contributed by atoms with Gasteiger partial charge in [-0.25, -0.2) is 4.98 Å². The van der Waals surface area contributed by atoms with Gasteiger partial charge in [0.05, 0.1) is 17.3 Å². The zero-order valence-corrected chi connectivity index (χ0v) is 10.5. The first-order valence-electron chi connectivity index (χ1n) is 5.44. The molecule has 0 radical (unpaired) electrons. The van der Waals surface area contributed by atoms with Gasteiger partial charge in [-0.05, 0) is 12.3 Å². The number of aliphatic hydroxyl groups excluding tert-OH is 1. The molecule has 0 aromatic carbocycles. The van der Waals surface area contributed by atoms with Crippen molar-refractivity contribution in [3.8, 4) is 0 Å². The minimum absolute atomic E-state index is 0.164. The van der Waals surface area contributed by atoms with Crippen molar-refractivity contribution in [3.63, 3.8) is 0 Å². The third-order valence-electron chi connectivity index (χ3n) is 2.45. The van der Waals surface area contributed by atoms with Crippen molar-refractivity contribution >= 4 is 11.3 Å². The number of hydrogen-bond donors (Lipinski definition) is 2. The highest BCUT2D eigenvalue weighted by Crippen LogP contribution is 2.10. The Bertz CT molecular complexity index is 286. The largest absolute Gasteiger partial charge is 0.395 e. The van der Waals surface area contributed by atoms with Crippen LogP contribution in [-0.4, -0.2) is 22.7 Å². The molecule has 0 fully saturated rings. The van der Waals surface area contributed by atoms with E-state index in [0.717, 1.165) is 18.7 Å². The van der Waals surface area contributed by atoms with E-state index >= 15 is 0 Å². The topological polar surface area (TPSA) is 45.2 Å². The highest BCUT2D eigenvalue weighted by atomic mass is 32.1. The summed E-state index contributed by atoms with van der Waals surface area (Å²) in [6.07, 6.45) is 0.998. The molecule has 4 heteroatoms. The lowest BCUT2D eigenvalue weighted by molar-refractivity contribution is 0.210. The minimum Gasteiger partial charge on any atom is -0.395 e. The van der Waals surface area contributed by atoms with Gasteiger partial charge in [0.2, 0.25) is 0 Å². The zero-order chi connectivity index (χ0) is 11.3. The molecular weight excluding hydrogens is 208 g/mol. The molecule has 0 aliphatic carbocycles. The molecule has 2 N–H and O–H groups in total. The molecule has 1 aromatic rings. The Labute approximate surface area is 95.6 Å². The summed E-state index contributed by atoms with van der Waals surface area (Å²) in [6.45, 7) is 7.25. The summed E-state index contributed by atoms with van der Waals surface area (Å²) in [5.41, 5.74) is 1.08. The van der Waals surface area contributed by atoms with E-state index in [1.165, 1.54) is 5.01 Å². The van der Waals surface area contributed by atoms with Crippen molar-refractivity contribution in [3.05, 3.63) is 16.1 Å². The average molecular weight is 228 g/mol. The number of rotatable bonds is 6. The lowest BCUT2D eigenvalue weighted by atomic mass is 10.1. The van der Waals surface area contributed by atoms with Crippen LogP contribution in [0.4, 0.5) is 0 Å². The van der Waals surface area contributed by atoms with Crippen LogP contribution in [0, 0.1) is 5.92 Å². The standard InChI is InChI=1S/C11H20N2OS/c1-4-11-13-9(7-15-11)5-12-10(6-14)8(2)3/h7-8,10,12,14H,4-6H2,1-3H3. The number of aliphatic hydroxyl groups is 1. The van der Waals surface area contributed by atoms with Gasteiger partial charge in [0, 0.05) is 18.0 Å². The molecule has 1 heterocycles. The van der Waals surface area contributed by atoms with Crippen LogP contribution in [0.25, 0.3) is 0 Å². The van der Waals surface area contributed by atoms with Gasteiger partial charge < -0.3 is 10.4 Å². The molecular formula is C11H20N2OS. The maximum atomic E-state index is 9.15. The third kappa shape index (κ3) is 3.89. The second-order valence-corrected chi connectivity index (χ2v) is 4.94. The first-order chi connectivity index (χ1) is 7.17. The number of hydrogen-bond acceptors (Lipinski definition) is 4. The van der Waals surface area contributed by atoms with E-state index in [1.54, 1.807) is 11.3 Å². The summed E-state index contributed by atoms with van der Waals surface area (Å²) in [5.74, 6) is 0.444. The van der Waals surface area contributed by atoms with E-state index < -0.39 is 0 Å². The van der Waals surface area contributed by atoms with Crippen LogP contribution in [0.5, 0.6) is 0 Å². The first-order valence-corrected chi connectivity index (χ1v) is 6.32. The minimum atomic E-state index is 0.164. The van der Waals surface area contributed by atoms with Crippen molar-refractivity contribution in [2.24, 2.45) is 5.92 Å². The Kier molecular flexibility index (Phi) is 5.22. The number of nitrogens with one attached hydrogen (secondary N) is 1. The highest BCUT2D eigenvalue weighted by molar-refractivity contribution is 7.09. The smallest absolute Gasteiger partial charge is 0.0926 e. The second-order valence-electron chi connectivity index (χ2n) is 4.00. The molecule has 0 saturated carbocycles. The zero-order valence-electron chi connectivity index (χ0n) is 9.66.